The van der Waals surface area contributed by atoms with E-state index in [-0.39, 0.29) is 0 Å². The van der Waals surface area contributed by atoms with E-state index < -0.39 is 13.3 Å². The van der Waals surface area contributed by atoms with E-state index in [0.29, 0.717) is 0 Å². The number of hydrogen-bond acceptors (Lipinski definition) is 0. The first-order chi connectivity index (χ1) is 7.08. The van der Waals surface area contributed by atoms with Crippen LogP contribution in [-0.4, -0.2) is 13.3 Å². The van der Waals surface area contributed by atoms with Gasteiger partial charge in [0, 0.05) is 0 Å². The van der Waals surface area contributed by atoms with E-state index in [9.17, 15) is 0 Å². The van der Waals surface area contributed by atoms with Gasteiger partial charge in [-0.2, -0.15) is 0 Å². The SMILES string of the molecule is [CH3][Ge]([CH3])([CH3])[CH2]CCC=Cc1ccccc1. The number of unbranched alkanes of at least 4 members (excludes halogenated alkanes) is 1. The quantitative estimate of drug-likeness (QED) is 0.527. The van der Waals surface area contributed by atoms with Crippen molar-refractivity contribution in [3.05, 3.63) is 42.0 Å². The molecule has 0 aromatic heterocycles. The summed E-state index contributed by atoms with van der Waals surface area (Å²) in [5.41, 5.74) is 1.31. The Morgan fingerprint density at radius 2 is 1.73 bits per heavy atom. The summed E-state index contributed by atoms with van der Waals surface area (Å²) in [6.07, 6.45) is 7.14. The van der Waals surface area contributed by atoms with Gasteiger partial charge < -0.3 is 0 Å². The van der Waals surface area contributed by atoms with Crippen LogP contribution in [0, 0.1) is 0 Å². The zero-order chi connectivity index (χ0) is 11.1. The van der Waals surface area contributed by atoms with Gasteiger partial charge in [0.15, 0.2) is 0 Å². The fraction of sp³-hybridized carbons (Fsp3) is 0.429. The van der Waals surface area contributed by atoms with Gasteiger partial charge in [0.25, 0.3) is 0 Å². The molecule has 0 saturated carbocycles. The average molecular weight is 263 g/mol. The maximum absolute atomic E-state index is 2.49. The molecule has 0 aliphatic heterocycles. The van der Waals surface area contributed by atoms with Crippen molar-refractivity contribution in [3.8, 4) is 0 Å². The second-order valence-corrected chi connectivity index (χ2v) is 17.1. The summed E-state index contributed by atoms with van der Waals surface area (Å²) >= 11 is -1.27. The van der Waals surface area contributed by atoms with Gasteiger partial charge in [0.05, 0.1) is 0 Å². The molecule has 1 heteroatoms. The van der Waals surface area contributed by atoms with Crippen molar-refractivity contribution in [2.75, 3.05) is 0 Å². The Morgan fingerprint density at radius 1 is 1.07 bits per heavy atom. The molecule has 1 aromatic carbocycles. The van der Waals surface area contributed by atoms with E-state index in [2.05, 4.69) is 59.8 Å². The summed E-state index contributed by atoms with van der Waals surface area (Å²) in [4.78, 5) is 0. The van der Waals surface area contributed by atoms with Crippen molar-refractivity contribution in [2.24, 2.45) is 0 Å². The average Bonchev–Trinajstić information content (AvgIpc) is 2.17. The van der Waals surface area contributed by atoms with Crippen LogP contribution in [0.1, 0.15) is 18.4 Å². The summed E-state index contributed by atoms with van der Waals surface area (Å²) in [7, 11) is 0. The number of benzene rings is 1. The van der Waals surface area contributed by atoms with Gasteiger partial charge in [-0.3, -0.25) is 0 Å². The van der Waals surface area contributed by atoms with Crippen molar-refractivity contribution >= 4 is 19.3 Å². The maximum atomic E-state index is 2.49. The van der Waals surface area contributed by atoms with Crippen LogP contribution >= 0.6 is 0 Å². The van der Waals surface area contributed by atoms with Crippen molar-refractivity contribution < 1.29 is 0 Å². The predicted octanol–water partition coefficient (Wildman–Crippen LogP) is 4.82. The molecule has 0 heterocycles. The molecular formula is C14H22Ge. The molecule has 0 fully saturated rings. The Balaban J connectivity index is 2.24. The zero-order valence-electron chi connectivity index (χ0n) is 10.2. The van der Waals surface area contributed by atoms with E-state index in [0.717, 1.165) is 0 Å². The van der Waals surface area contributed by atoms with Crippen LogP contribution in [0.5, 0.6) is 0 Å². The molecule has 0 saturated heterocycles. The van der Waals surface area contributed by atoms with Gasteiger partial charge >= 0.3 is 96.7 Å². The molecular weight excluding hydrogens is 241 g/mol. The topological polar surface area (TPSA) is 0 Å². The fourth-order valence-corrected chi connectivity index (χ4v) is 4.19. The second kappa shape index (κ2) is 6.17. The Labute approximate surface area is 96.8 Å². The van der Waals surface area contributed by atoms with Crippen LogP contribution in [0.15, 0.2) is 36.4 Å². The van der Waals surface area contributed by atoms with Crippen molar-refractivity contribution in [2.45, 2.75) is 35.4 Å². The van der Waals surface area contributed by atoms with Crippen LogP contribution in [0.25, 0.3) is 6.08 Å². The number of allylic oxidation sites excluding steroid dienone is 1. The zero-order valence-corrected chi connectivity index (χ0v) is 12.3. The number of rotatable bonds is 5. The minimum absolute atomic E-state index is 1.23. The molecule has 0 radical (unpaired) electrons. The van der Waals surface area contributed by atoms with Crippen molar-refractivity contribution in [3.63, 3.8) is 0 Å². The number of hydrogen-bond donors (Lipinski definition) is 0. The normalized spacial score (nSPS) is 12.2. The third-order valence-corrected chi connectivity index (χ3v) is 6.30. The predicted molar refractivity (Wildman–Crippen MR) is 72.9 cm³/mol. The molecule has 0 aliphatic carbocycles. The van der Waals surface area contributed by atoms with E-state index in [1.807, 2.05) is 0 Å². The van der Waals surface area contributed by atoms with Gasteiger partial charge in [0.1, 0.15) is 0 Å². The molecule has 0 spiro atoms. The summed E-state index contributed by atoms with van der Waals surface area (Å²) in [6, 6.07) is 10.5. The Kier molecular flexibility index (Phi) is 5.17. The van der Waals surface area contributed by atoms with Crippen molar-refractivity contribution in [1.82, 2.24) is 0 Å². The van der Waals surface area contributed by atoms with Gasteiger partial charge in [-0.15, -0.1) is 0 Å². The summed E-state index contributed by atoms with van der Waals surface area (Å²) in [6.45, 7) is 0. The molecule has 0 unspecified atom stereocenters. The summed E-state index contributed by atoms with van der Waals surface area (Å²) in [5, 5.41) is 1.49. The van der Waals surface area contributed by atoms with Crippen LogP contribution in [0.3, 0.4) is 0 Å². The first-order valence-electron chi connectivity index (χ1n) is 5.79. The van der Waals surface area contributed by atoms with Gasteiger partial charge in [-0.05, 0) is 0 Å². The molecule has 0 N–H and O–H groups in total. The monoisotopic (exact) mass is 264 g/mol. The Bertz CT molecular complexity index is 293. The molecule has 0 nitrogen and oxygen atoms in total. The van der Waals surface area contributed by atoms with E-state index >= 15 is 0 Å². The van der Waals surface area contributed by atoms with E-state index in [1.165, 1.54) is 23.7 Å². The van der Waals surface area contributed by atoms with Crippen molar-refractivity contribution in [1.29, 1.82) is 0 Å². The molecule has 1 aromatic rings. The van der Waals surface area contributed by atoms with Gasteiger partial charge in [-0.1, -0.05) is 0 Å². The summed E-state index contributed by atoms with van der Waals surface area (Å²) < 4.78 is 0. The van der Waals surface area contributed by atoms with Crippen LogP contribution in [0.4, 0.5) is 0 Å². The third-order valence-electron chi connectivity index (χ3n) is 2.41. The van der Waals surface area contributed by atoms with Crippen LogP contribution in [-0.2, 0) is 0 Å². The van der Waals surface area contributed by atoms with E-state index in [4.69, 9.17) is 0 Å². The van der Waals surface area contributed by atoms with Gasteiger partial charge in [0.2, 0.25) is 0 Å². The van der Waals surface area contributed by atoms with Crippen LogP contribution < -0.4 is 0 Å². The Morgan fingerprint density at radius 3 is 2.33 bits per heavy atom. The standard InChI is InChI=1S/C14H22Ge/c1-15(2,3)13-9-5-8-12-14-10-6-4-7-11-14/h4,6-8,10-12H,5,9,13H2,1-3H3. The molecule has 0 amide bonds. The Hall–Kier alpha value is -0.497. The first-order valence-corrected chi connectivity index (χ1v) is 13.6. The first kappa shape index (κ1) is 12.6. The molecule has 0 bridgehead atoms. The van der Waals surface area contributed by atoms with E-state index in [1.54, 1.807) is 0 Å². The fourth-order valence-electron chi connectivity index (χ4n) is 1.53. The molecule has 15 heavy (non-hydrogen) atoms. The molecule has 82 valence electrons. The third kappa shape index (κ3) is 6.56. The van der Waals surface area contributed by atoms with Gasteiger partial charge in [-0.25, -0.2) is 0 Å². The minimum atomic E-state index is -1.27. The second-order valence-electron chi connectivity index (χ2n) is 5.27. The molecule has 1 rings (SSSR count). The van der Waals surface area contributed by atoms with Crippen LogP contribution in [0.2, 0.25) is 22.5 Å². The molecule has 0 atom stereocenters. The molecule has 0 aliphatic rings. The summed E-state index contributed by atoms with van der Waals surface area (Å²) in [5.74, 6) is 7.46.